The summed E-state index contributed by atoms with van der Waals surface area (Å²) in [5.74, 6) is 2.14. The van der Waals surface area contributed by atoms with Crippen molar-refractivity contribution in [1.29, 1.82) is 0 Å². The van der Waals surface area contributed by atoms with Gasteiger partial charge in [-0.1, -0.05) is 37.1 Å². The lowest BCUT2D eigenvalue weighted by molar-refractivity contribution is -0.127. The van der Waals surface area contributed by atoms with Gasteiger partial charge in [0.1, 0.15) is 5.75 Å². The van der Waals surface area contributed by atoms with Gasteiger partial charge in [0, 0.05) is 17.5 Å². The van der Waals surface area contributed by atoms with E-state index in [-0.39, 0.29) is 5.91 Å². The molecule has 2 atom stereocenters. The van der Waals surface area contributed by atoms with Crippen molar-refractivity contribution in [3.8, 4) is 5.75 Å². The Morgan fingerprint density at radius 1 is 1.14 bits per heavy atom. The van der Waals surface area contributed by atoms with E-state index in [1.54, 1.807) is 6.92 Å². The monoisotopic (exact) mass is 414 g/mol. The SMILES string of the molecule is CC(Oc1ccccc1)C(=O)NCCC1CCC(C(c2cccs2)N(C)C)CC1. The normalized spacial score (nSPS) is 21.5. The number of carbonyl (C=O) groups excluding carboxylic acids is 1. The molecule has 3 rings (SSSR count). The van der Waals surface area contributed by atoms with Crippen LogP contribution in [-0.2, 0) is 4.79 Å². The Kier molecular flexibility index (Phi) is 8.13. The summed E-state index contributed by atoms with van der Waals surface area (Å²) < 4.78 is 5.70. The molecule has 4 nitrogen and oxygen atoms in total. The maximum absolute atomic E-state index is 12.3. The van der Waals surface area contributed by atoms with Gasteiger partial charge in [-0.25, -0.2) is 0 Å². The lowest BCUT2D eigenvalue weighted by Crippen LogP contribution is -2.37. The summed E-state index contributed by atoms with van der Waals surface area (Å²) in [5, 5.41) is 5.24. The van der Waals surface area contributed by atoms with Gasteiger partial charge in [-0.3, -0.25) is 4.79 Å². The molecule has 2 aromatic rings. The fourth-order valence-electron chi connectivity index (χ4n) is 4.46. The Hall–Kier alpha value is -1.85. The van der Waals surface area contributed by atoms with Gasteiger partial charge < -0.3 is 15.0 Å². The average Bonchev–Trinajstić information content (AvgIpc) is 3.24. The number of rotatable bonds is 9. The van der Waals surface area contributed by atoms with Crippen molar-refractivity contribution >= 4 is 17.2 Å². The molecule has 0 aliphatic heterocycles. The highest BCUT2D eigenvalue weighted by molar-refractivity contribution is 7.10. The predicted octanol–water partition coefficient (Wildman–Crippen LogP) is 5.13. The third kappa shape index (κ3) is 6.31. The Labute approximate surface area is 179 Å². The zero-order valence-electron chi connectivity index (χ0n) is 17.8. The van der Waals surface area contributed by atoms with Crippen molar-refractivity contribution in [2.45, 2.75) is 51.2 Å². The van der Waals surface area contributed by atoms with Crippen LogP contribution >= 0.6 is 11.3 Å². The standard InChI is InChI=1S/C24H34N2O2S/c1-18(28-21-8-5-4-6-9-21)24(27)25-16-15-19-11-13-20(14-12-19)23(26(2)3)22-10-7-17-29-22/h4-10,17-20,23H,11-16H2,1-3H3,(H,25,27). The number of benzene rings is 1. The number of hydrogen-bond acceptors (Lipinski definition) is 4. The predicted molar refractivity (Wildman–Crippen MR) is 120 cm³/mol. The molecule has 2 unspecified atom stereocenters. The van der Waals surface area contributed by atoms with E-state index in [0.29, 0.717) is 12.0 Å². The second kappa shape index (κ2) is 10.8. The Balaban J connectivity index is 1.38. The van der Waals surface area contributed by atoms with Gasteiger partial charge in [0.05, 0.1) is 0 Å². The molecule has 0 radical (unpaired) electrons. The highest BCUT2D eigenvalue weighted by Crippen LogP contribution is 2.41. The smallest absolute Gasteiger partial charge is 0.260 e. The fraction of sp³-hybridized carbons (Fsp3) is 0.542. The summed E-state index contributed by atoms with van der Waals surface area (Å²) in [6.07, 6.45) is 5.64. The topological polar surface area (TPSA) is 41.6 Å². The second-order valence-electron chi connectivity index (χ2n) is 8.36. The highest BCUT2D eigenvalue weighted by Gasteiger charge is 2.30. The van der Waals surface area contributed by atoms with E-state index in [9.17, 15) is 4.79 Å². The second-order valence-corrected chi connectivity index (χ2v) is 9.34. The molecule has 1 N–H and O–H groups in total. The van der Waals surface area contributed by atoms with E-state index in [4.69, 9.17) is 4.74 Å². The summed E-state index contributed by atoms with van der Waals surface area (Å²) in [7, 11) is 4.40. The first-order valence-electron chi connectivity index (χ1n) is 10.7. The molecule has 1 aliphatic carbocycles. The van der Waals surface area contributed by atoms with Crippen LogP contribution in [0.5, 0.6) is 5.75 Å². The van der Waals surface area contributed by atoms with Crippen LogP contribution in [0.3, 0.4) is 0 Å². The van der Waals surface area contributed by atoms with Crippen LogP contribution in [0.4, 0.5) is 0 Å². The van der Waals surface area contributed by atoms with Crippen LogP contribution in [0, 0.1) is 11.8 Å². The largest absolute Gasteiger partial charge is 0.481 e. The van der Waals surface area contributed by atoms with Crippen molar-refractivity contribution in [2.24, 2.45) is 11.8 Å². The Bertz CT molecular complexity index is 725. The average molecular weight is 415 g/mol. The van der Waals surface area contributed by atoms with Gasteiger partial charge in [0.15, 0.2) is 6.10 Å². The van der Waals surface area contributed by atoms with Gasteiger partial charge in [-0.05, 0) is 75.7 Å². The summed E-state index contributed by atoms with van der Waals surface area (Å²) in [5.41, 5.74) is 0. The minimum atomic E-state index is -0.472. The number of carbonyl (C=O) groups is 1. The number of hydrogen-bond donors (Lipinski definition) is 1. The maximum atomic E-state index is 12.3. The molecule has 1 saturated carbocycles. The number of amides is 1. The molecule has 0 saturated heterocycles. The first-order chi connectivity index (χ1) is 14.0. The van der Waals surface area contributed by atoms with E-state index in [0.717, 1.165) is 24.6 Å². The Morgan fingerprint density at radius 3 is 2.48 bits per heavy atom. The number of nitrogens with zero attached hydrogens (tertiary/aromatic N) is 1. The lowest BCUT2D eigenvalue weighted by Gasteiger charge is -2.37. The van der Waals surface area contributed by atoms with Crippen LogP contribution in [0.15, 0.2) is 47.8 Å². The molecular weight excluding hydrogens is 380 g/mol. The van der Waals surface area contributed by atoms with E-state index in [2.05, 4.69) is 41.8 Å². The van der Waals surface area contributed by atoms with Crippen molar-refractivity contribution in [3.05, 3.63) is 52.7 Å². The van der Waals surface area contributed by atoms with Crippen molar-refractivity contribution in [1.82, 2.24) is 10.2 Å². The summed E-state index contributed by atoms with van der Waals surface area (Å²) in [6.45, 7) is 2.54. The van der Waals surface area contributed by atoms with E-state index >= 15 is 0 Å². The molecule has 158 valence electrons. The van der Waals surface area contributed by atoms with Crippen LogP contribution in [0.1, 0.15) is 49.9 Å². The first kappa shape index (κ1) is 21.8. The zero-order valence-corrected chi connectivity index (χ0v) is 18.7. The molecule has 1 amide bonds. The van der Waals surface area contributed by atoms with E-state index in [1.807, 2.05) is 41.7 Å². The third-order valence-electron chi connectivity index (χ3n) is 6.01. The number of thiophene rings is 1. The lowest BCUT2D eigenvalue weighted by atomic mass is 9.76. The van der Waals surface area contributed by atoms with Gasteiger partial charge >= 0.3 is 0 Å². The molecule has 0 spiro atoms. The first-order valence-corrected chi connectivity index (χ1v) is 11.6. The molecule has 29 heavy (non-hydrogen) atoms. The van der Waals surface area contributed by atoms with Crippen molar-refractivity contribution in [3.63, 3.8) is 0 Å². The Morgan fingerprint density at radius 2 is 1.86 bits per heavy atom. The van der Waals surface area contributed by atoms with Gasteiger partial charge in [-0.2, -0.15) is 0 Å². The van der Waals surface area contributed by atoms with Gasteiger partial charge in [-0.15, -0.1) is 11.3 Å². The number of ether oxygens (including phenoxy) is 1. The van der Waals surface area contributed by atoms with Crippen LogP contribution in [0.25, 0.3) is 0 Å². The summed E-state index contributed by atoms with van der Waals surface area (Å²) in [6, 6.07) is 14.5. The molecule has 1 fully saturated rings. The molecule has 1 aliphatic rings. The number of para-hydroxylation sites is 1. The van der Waals surface area contributed by atoms with Crippen molar-refractivity contribution in [2.75, 3.05) is 20.6 Å². The van der Waals surface area contributed by atoms with Crippen molar-refractivity contribution < 1.29 is 9.53 Å². The van der Waals surface area contributed by atoms with Gasteiger partial charge in [0.25, 0.3) is 5.91 Å². The molecule has 1 aromatic heterocycles. The third-order valence-corrected chi connectivity index (χ3v) is 6.95. The van der Waals surface area contributed by atoms with E-state index in [1.165, 1.54) is 30.6 Å². The minimum Gasteiger partial charge on any atom is -0.481 e. The molecule has 0 bridgehead atoms. The zero-order chi connectivity index (χ0) is 20.6. The molecular formula is C24H34N2O2S. The van der Waals surface area contributed by atoms with Gasteiger partial charge in [0.2, 0.25) is 0 Å². The quantitative estimate of drug-likeness (QED) is 0.618. The summed E-state index contributed by atoms with van der Waals surface area (Å²) in [4.78, 5) is 16.2. The fourth-order valence-corrected chi connectivity index (χ4v) is 5.47. The molecule has 1 aromatic carbocycles. The molecule has 1 heterocycles. The number of nitrogens with one attached hydrogen (secondary N) is 1. The summed E-state index contributed by atoms with van der Waals surface area (Å²) >= 11 is 1.87. The van der Waals surface area contributed by atoms with E-state index < -0.39 is 6.10 Å². The molecule has 5 heteroatoms. The van der Waals surface area contributed by atoms with Crippen LogP contribution < -0.4 is 10.1 Å². The maximum Gasteiger partial charge on any atom is 0.260 e. The van der Waals surface area contributed by atoms with Crippen LogP contribution in [0.2, 0.25) is 0 Å². The minimum absolute atomic E-state index is 0.0343. The van der Waals surface area contributed by atoms with Crippen LogP contribution in [-0.4, -0.2) is 37.6 Å². The highest BCUT2D eigenvalue weighted by atomic mass is 32.1.